The van der Waals surface area contributed by atoms with Crippen molar-refractivity contribution in [2.75, 3.05) is 25.6 Å². The Balaban J connectivity index is 1.96. The fourth-order valence-corrected chi connectivity index (χ4v) is 2.02. The molecule has 20 heavy (non-hydrogen) atoms. The summed E-state index contributed by atoms with van der Waals surface area (Å²) in [5.74, 6) is 0.761. The van der Waals surface area contributed by atoms with E-state index in [0.717, 1.165) is 15.9 Å². The van der Waals surface area contributed by atoms with E-state index in [2.05, 4.69) is 21.0 Å². The quantitative estimate of drug-likeness (QED) is 0.838. The first-order valence-electron chi connectivity index (χ1n) is 6.19. The van der Waals surface area contributed by atoms with Gasteiger partial charge in [0.05, 0.1) is 18.4 Å². The Kier molecular flexibility index (Phi) is 4.79. The van der Waals surface area contributed by atoms with Crippen LogP contribution in [0.25, 0.3) is 0 Å². The van der Waals surface area contributed by atoms with E-state index in [1.54, 1.807) is 12.3 Å². The monoisotopic (exact) mass is 337 g/mol. The van der Waals surface area contributed by atoms with Crippen molar-refractivity contribution in [3.05, 3.63) is 51.4 Å². The summed E-state index contributed by atoms with van der Waals surface area (Å²) >= 11 is 3.38. The number of rotatable bonds is 5. The van der Waals surface area contributed by atoms with Crippen molar-refractivity contribution in [2.24, 2.45) is 0 Å². The third-order valence-electron chi connectivity index (χ3n) is 2.74. The zero-order valence-electron chi connectivity index (χ0n) is 11.4. The van der Waals surface area contributed by atoms with E-state index in [-0.39, 0.29) is 5.56 Å². The topological polar surface area (TPSA) is 47.4 Å². The van der Waals surface area contributed by atoms with Crippen LogP contribution in [-0.4, -0.2) is 30.5 Å². The second-order valence-corrected chi connectivity index (χ2v) is 5.39. The standard InChI is InChI=1S/C14H16BrN3O2/c1-17(2)12-9-14(19)18(16-10-12)6-7-20-13-5-3-4-11(15)8-13/h3-5,8-10H,6-7H2,1-2H3. The highest BCUT2D eigenvalue weighted by Crippen LogP contribution is 2.17. The molecule has 0 aliphatic carbocycles. The maximum Gasteiger partial charge on any atom is 0.268 e. The first kappa shape index (κ1) is 14.6. The Morgan fingerprint density at radius 2 is 2.15 bits per heavy atom. The molecule has 0 aliphatic heterocycles. The third kappa shape index (κ3) is 3.84. The molecule has 1 heterocycles. The molecule has 0 bridgehead atoms. The number of anilines is 1. The highest BCUT2D eigenvalue weighted by atomic mass is 79.9. The number of hydrogen-bond donors (Lipinski definition) is 0. The van der Waals surface area contributed by atoms with Gasteiger partial charge in [0.15, 0.2) is 0 Å². The van der Waals surface area contributed by atoms with E-state index in [1.165, 1.54) is 4.68 Å². The van der Waals surface area contributed by atoms with Crippen LogP contribution in [0, 0.1) is 0 Å². The van der Waals surface area contributed by atoms with Crippen LogP contribution < -0.4 is 15.2 Å². The summed E-state index contributed by atoms with van der Waals surface area (Å²) in [5, 5.41) is 4.12. The summed E-state index contributed by atoms with van der Waals surface area (Å²) in [5.41, 5.74) is 0.660. The Hall–Kier alpha value is -1.82. The number of benzene rings is 1. The van der Waals surface area contributed by atoms with Crippen molar-refractivity contribution in [1.82, 2.24) is 9.78 Å². The summed E-state index contributed by atoms with van der Waals surface area (Å²) in [6.45, 7) is 0.809. The number of nitrogens with zero attached hydrogens (tertiary/aromatic N) is 3. The van der Waals surface area contributed by atoms with Gasteiger partial charge in [-0.1, -0.05) is 22.0 Å². The van der Waals surface area contributed by atoms with Crippen molar-refractivity contribution >= 4 is 21.6 Å². The number of aromatic nitrogens is 2. The lowest BCUT2D eigenvalue weighted by Crippen LogP contribution is -2.26. The lowest BCUT2D eigenvalue weighted by atomic mass is 10.3. The van der Waals surface area contributed by atoms with Crippen molar-refractivity contribution in [3.8, 4) is 5.75 Å². The summed E-state index contributed by atoms with van der Waals surface area (Å²) in [4.78, 5) is 13.7. The van der Waals surface area contributed by atoms with E-state index in [0.29, 0.717) is 13.2 Å². The maximum atomic E-state index is 11.9. The van der Waals surface area contributed by atoms with Crippen molar-refractivity contribution < 1.29 is 4.74 Å². The molecule has 0 atom stereocenters. The number of hydrogen-bond acceptors (Lipinski definition) is 4. The Morgan fingerprint density at radius 3 is 2.80 bits per heavy atom. The molecule has 0 N–H and O–H groups in total. The molecule has 0 aliphatic rings. The number of halogens is 1. The van der Waals surface area contributed by atoms with Crippen LogP contribution in [0.2, 0.25) is 0 Å². The summed E-state index contributed by atoms with van der Waals surface area (Å²) in [6, 6.07) is 9.14. The minimum atomic E-state index is -0.131. The van der Waals surface area contributed by atoms with Crippen molar-refractivity contribution in [3.63, 3.8) is 0 Å². The van der Waals surface area contributed by atoms with Gasteiger partial charge in [0.2, 0.25) is 0 Å². The normalized spacial score (nSPS) is 10.3. The molecule has 0 fully saturated rings. The Morgan fingerprint density at radius 1 is 1.35 bits per heavy atom. The smallest absolute Gasteiger partial charge is 0.268 e. The molecule has 0 radical (unpaired) electrons. The van der Waals surface area contributed by atoms with Gasteiger partial charge in [0.25, 0.3) is 5.56 Å². The first-order valence-corrected chi connectivity index (χ1v) is 6.98. The lowest BCUT2D eigenvalue weighted by Gasteiger charge is -2.12. The molecule has 0 saturated carbocycles. The van der Waals surface area contributed by atoms with Crippen molar-refractivity contribution in [1.29, 1.82) is 0 Å². The molecule has 106 valence electrons. The molecule has 0 spiro atoms. The van der Waals surface area contributed by atoms with Gasteiger partial charge in [-0.15, -0.1) is 0 Å². The minimum absolute atomic E-state index is 0.131. The van der Waals surface area contributed by atoms with Gasteiger partial charge >= 0.3 is 0 Å². The molecule has 6 heteroatoms. The van der Waals surface area contributed by atoms with Crippen LogP contribution >= 0.6 is 15.9 Å². The minimum Gasteiger partial charge on any atom is -0.492 e. The van der Waals surface area contributed by atoms with E-state index in [9.17, 15) is 4.79 Å². The molecule has 0 amide bonds. The first-order chi connectivity index (χ1) is 9.56. The molecular formula is C14H16BrN3O2. The van der Waals surface area contributed by atoms with Gasteiger partial charge in [-0.3, -0.25) is 4.79 Å². The Bertz CT molecular complexity index is 640. The maximum absolute atomic E-state index is 11.9. The third-order valence-corrected chi connectivity index (χ3v) is 3.23. The molecule has 1 aromatic heterocycles. The van der Waals surface area contributed by atoms with E-state index < -0.39 is 0 Å². The SMILES string of the molecule is CN(C)c1cnn(CCOc2cccc(Br)c2)c(=O)c1. The second kappa shape index (κ2) is 6.56. The molecule has 0 saturated heterocycles. The van der Waals surface area contributed by atoms with Crippen LogP contribution in [0.3, 0.4) is 0 Å². The largest absolute Gasteiger partial charge is 0.492 e. The van der Waals surface area contributed by atoms with E-state index in [1.807, 2.05) is 43.3 Å². The van der Waals surface area contributed by atoms with Gasteiger partial charge in [0.1, 0.15) is 12.4 Å². The Labute approximate surface area is 125 Å². The van der Waals surface area contributed by atoms with Gasteiger partial charge in [-0.05, 0) is 18.2 Å². The van der Waals surface area contributed by atoms with Crippen LogP contribution in [0.1, 0.15) is 0 Å². The summed E-state index contributed by atoms with van der Waals surface area (Å²) in [6.07, 6.45) is 1.67. The fourth-order valence-electron chi connectivity index (χ4n) is 1.64. The van der Waals surface area contributed by atoms with Crippen LogP contribution in [0.5, 0.6) is 5.75 Å². The fraction of sp³-hybridized carbons (Fsp3) is 0.286. The molecule has 5 nitrogen and oxygen atoms in total. The molecule has 2 aromatic rings. The van der Waals surface area contributed by atoms with E-state index >= 15 is 0 Å². The van der Waals surface area contributed by atoms with Crippen LogP contribution in [0.4, 0.5) is 5.69 Å². The molecule has 1 aromatic carbocycles. The van der Waals surface area contributed by atoms with E-state index in [4.69, 9.17) is 4.74 Å². The highest BCUT2D eigenvalue weighted by molar-refractivity contribution is 9.10. The molecular weight excluding hydrogens is 322 g/mol. The van der Waals surface area contributed by atoms with Gasteiger partial charge in [-0.2, -0.15) is 5.10 Å². The average Bonchev–Trinajstić information content (AvgIpc) is 2.40. The predicted molar refractivity (Wildman–Crippen MR) is 82.5 cm³/mol. The highest BCUT2D eigenvalue weighted by Gasteiger charge is 2.02. The van der Waals surface area contributed by atoms with Gasteiger partial charge in [-0.25, -0.2) is 4.68 Å². The molecule has 0 unspecified atom stereocenters. The van der Waals surface area contributed by atoms with Crippen LogP contribution in [-0.2, 0) is 6.54 Å². The average molecular weight is 338 g/mol. The predicted octanol–water partition coefficient (Wildman–Crippen LogP) is 2.15. The second-order valence-electron chi connectivity index (χ2n) is 4.48. The summed E-state index contributed by atoms with van der Waals surface area (Å²) < 4.78 is 7.94. The van der Waals surface area contributed by atoms with Crippen LogP contribution in [0.15, 0.2) is 45.8 Å². The zero-order chi connectivity index (χ0) is 14.5. The lowest BCUT2D eigenvalue weighted by molar-refractivity contribution is 0.287. The summed E-state index contributed by atoms with van der Waals surface area (Å²) in [7, 11) is 3.74. The van der Waals surface area contributed by atoms with Gasteiger partial charge < -0.3 is 9.64 Å². The molecule has 2 rings (SSSR count). The van der Waals surface area contributed by atoms with Gasteiger partial charge in [0, 0.05) is 24.6 Å². The van der Waals surface area contributed by atoms with Crippen molar-refractivity contribution in [2.45, 2.75) is 6.54 Å². The number of ether oxygens (including phenoxy) is 1. The zero-order valence-corrected chi connectivity index (χ0v) is 13.0.